The zero-order chi connectivity index (χ0) is 12.3. The van der Waals surface area contributed by atoms with E-state index in [1.807, 2.05) is 18.2 Å². The Morgan fingerprint density at radius 1 is 1.35 bits per heavy atom. The summed E-state index contributed by atoms with van der Waals surface area (Å²) in [5, 5.41) is 17.1. The number of aliphatic hydroxyl groups excluding tert-OH is 1. The van der Waals surface area contributed by atoms with Crippen molar-refractivity contribution < 1.29 is 14.6 Å². The molecule has 0 saturated carbocycles. The van der Waals surface area contributed by atoms with Crippen LogP contribution in [0.5, 0.6) is 0 Å². The van der Waals surface area contributed by atoms with E-state index in [9.17, 15) is 4.79 Å². The van der Waals surface area contributed by atoms with E-state index in [1.165, 1.54) is 11.9 Å². The summed E-state index contributed by atoms with van der Waals surface area (Å²) >= 11 is 0. The van der Waals surface area contributed by atoms with E-state index in [1.54, 1.807) is 12.1 Å². The maximum absolute atomic E-state index is 11.4. The molecule has 0 aliphatic heterocycles. The molecule has 88 valence electrons. The Morgan fingerprint density at radius 2 is 2.06 bits per heavy atom. The van der Waals surface area contributed by atoms with Crippen LogP contribution in [0.2, 0.25) is 0 Å². The molecular formula is C11H11N3O3. The minimum absolute atomic E-state index is 0.0267. The van der Waals surface area contributed by atoms with E-state index in [-0.39, 0.29) is 18.0 Å². The predicted molar refractivity (Wildman–Crippen MR) is 58.6 cm³/mol. The Kier molecular flexibility index (Phi) is 3.15. The predicted octanol–water partition coefficient (Wildman–Crippen LogP) is 0.546. The molecule has 2 rings (SSSR count). The number of para-hydroxylation sites is 1. The molecule has 1 heterocycles. The van der Waals surface area contributed by atoms with Crippen LogP contribution in [0.4, 0.5) is 0 Å². The lowest BCUT2D eigenvalue weighted by Gasteiger charge is -1.96. The molecule has 1 aromatic carbocycles. The summed E-state index contributed by atoms with van der Waals surface area (Å²) in [4.78, 5) is 12.7. The number of carbonyl (C=O) groups is 1. The molecule has 2 aromatic rings. The topological polar surface area (TPSA) is 77.2 Å². The number of aromatic nitrogens is 3. The number of hydrogen-bond acceptors (Lipinski definition) is 5. The number of methoxy groups -OCH3 is 1. The SMILES string of the molecule is COC(=O)c1nn(-c2ccccc2)nc1CO. The fraction of sp³-hybridized carbons (Fsp3) is 0.182. The summed E-state index contributed by atoms with van der Waals surface area (Å²) in [7, 11) is 1.25. The summed E-state index contributed by atoms with van der Waals surface area (Å²) in [6.07, 6.45) is 0. The highest BCUT2D eigenvalue weighted by Gasteiger charge is 2.18. The van der Waals surface area contributed by atoms with Crippen molar-refractivity contribution in [2.75, 3.05) is 7.11 Å². The van der Waals surface area contributed by atoms with Gasteiger partial charge in [0.25, 0.3) is 0 Å². The molecule has 0 amide bonds. The second kappa shape index (κ2) is 4.75. The fourth-order valence-corrected chi connectivity index (χ4v) is 1.38. The molecule has 0 atom stereocenters. The molecule has 6 nitrogen and oxygen atoms in total. The highest BCUT2D eigenvalue weighted by atomic mass is 16.5. The molecule has 6 heteroatoms. The molecule has 17 heavy (non-hydrogen) atoms. The Hall–Kier alpha value is -2.21. The first kappa shape index (κ1) is 11.3. The summed E-state index contributed by atoms with van der Waals surface area (Å²) in [5.74, 6) is -0.615. The zero-order valence-corrected chi connectivity index (χ0v) is 9.20. The number of ether oxygens (including phenoxy) is 1. The number of carbonyl (C=O) groups excluding carboxylic acids is 1. The van der Waals surface area contributed by atoms with Crippen molar-refractivity contribution in [1.29, 1.82) is 0 Å². The Bertz CT molecular complexity index is 522. The van der Waals surface area contributed by atoms with Crippen molar-refractivity contribution in [3.63, 3.8) is 0 Å². The number of esters is 1. The summed E-state index contributed by atoms with van der Waals surface area (Å²) < 4.78 is 4.56. The molecule has 0 bridgehead atoms. The van der Waals surface area contributed by atoms with Gasteiger partial charge < -0.3 is 9.84 Å². The van der Waals surface area contributed by atoms with Crippen LogP contribution in [0.3, 0.4) is 0 Å². The van der Waals surface area contributed by atoms with Crippen LogP contribution in [0.1, 0.15) is 16.2 Å². The first-order valence-electron chi connectivity index (χ1n) is 4.97. The van der Waals surface area contributed by atoms with Gasteiger partial charge in [0.1, 0.15) is 5.69 Å². The minimum atomic E-state index is -0.615. The number of benzene rings is 1. The van der Waals surface area contributed by atoms with Crippen molar-refractivity contribution in [1.82, 2.24) is 15.0 Å². The van der Waals surface area contributed by atoms with Gasteiger partial charge in [-0.3, -0.25) is 0 Å². The van der Waals surface area contributed by atoms with Crippen molar-refractivity contribution in [2.45, 2.75) is 6.61 Å². The number of aliphatic hydroxyl groups is 1. The molecule has 0 spiro atoms. The van der Waals surface area contributed by atoms with Gasteiger partial charge in [-0.1, -0.05) is 18.2 Å². The van der Waals surface area contributed by atoms with Gasteiger partial charge in [-0.15, -0.1) is 10.2 Å². The molecule has 1 N–H and O–H groups in total. The van der Waals surface area contributed by atoms with Gasteiger partial charge in [0.15, 0.2) is 5.69 Å². The molecular weight excluding hydrogens is 222 g/mol. The minimum Gasteiger partial charge on any atom is -0.464 e. The fourth-order valence-electron chi connectivity index (χ4n) is 1.38. The van der Waals surface area contributed by atoms with E-state index < -0.39 is 5.97 Å². The lowest BCUT2D eigenvalue weighted by atomic mass is 10.3. The average molecular weight is 233 g/mol. The molecule has 0 radical (unpaired) electrons. The Morgan fingerprint density at radius 3 is 2.65 bits per heavy atom. The van der Waals surface area contributed by atoms with Gasteiger partial charge in [0.2, 0.25) is 0 Å². The van der Waals surface area contributed by atoms with Crippen LogP contribution in [0.15, 0.2) is 30.3 Å². The van der Waals surface area contributed by atoms with Crippen molar-refractivity contribution in [3.8, 4) is 5.69 Å². The summed E-state index contributed by atoms with van der Waals surface area (Å²) in [6.45, 7) is -0.364. The third-order valence-electron chi connectivity index (χ3n) is 2.20. The number of rotatable bonds is 3. The van der Waals surface area contributed by atoms with Crippen LogP contribution in [-0.4, -0.2) is 33.2 Å². The normalized spacial score (nSPS) is 10.2. The Balaban J connectivity index is 2.45. The van der Waals surface area contributed by atoms with Gasteiger partial charge in [0.05, 0.1) is 19.4 Å². The number of nitrogens with zero attached hydrogens (tertiary/aromatic N) is 3. The first-order chi connectivity index (χ1) is 8.26. The van der Waals surface area contributed by atoms with Gasteiger partial charge in [0, 0.05) is 0 Å². The van der Waals surface area contributed by atoms with E-state index in [2.05, 4.69) is 14.9 Å². The molecule has 0 aliphatic rings. The second-order valence-electron chi connectivity index (χ2n) is 3.27. The Labute approximate surface area is 97.4 Å². The lowest BCUT2D eigenvalue weighted by Crippen LogP contribution is -2.06. The zero-order valence-electron chi connectivity index (χ0n) is 9.20. The van der Waals surface area contributed by atoms with E-state index >= 15 is 0 Å². The van der Waals surface area contributed by atoms with Crippen molar-refractivity contribution >= 4 is 5.97 Å². The molecule has 0 saturated heterocycles. The van der Waals surface area contributed by atoms with E-state index in [0.717, 1.165) is 0 Å². The second-order valence-corrected chi connectivity index (χ2v) is 3.27. The van der Waals surface area contributed by atoms with Crippen LogP contribution < -0.4 is 0 Å². The van der Waals surface area contributed by atoms with Gasteiger partial charge in [-0.05, 0) is 12.1 Å². The molecule has 0 aliphatic carbocycles. The standard InChI is InChI=1S/C11H11N3O3/c1-17-11(16)10-9(7-15)12-14(13-10)8-5-3-2-4-6-8/h2-6,15H,7H2,1H3. The molecule has 0 fully saturated rings. The van der Waals surface area contributed by atoms with Crippen LogP contribution in [0.25, 0.3) is 5.69 Å². The van der Waals surface area contributed by atoms with E-state index in [4.69, 9.17) is 5.11 Å². The quantitative estimate of drug-likeness (QED) is 0.783. The van der Waals surface area contributed by atoms with Gasteiger partial charge >= 0.3 is 5.97 Å². The summed E-state index contributed by atoms with van der Waals surface area (Å²) in [5.41, 5.74) is 0.928. The average Bonchev–Trinajstić information content (AvgIpc) is 2.83. The highest BCUT2D eigenvalue weighted by molar-refractivity contribution is 5.88. The largest absolute Gasteiger partial charge is 0.464 e. The third kappa shape index (κ3) is 2.16. The van der Waals surface area contributed by atoms with Gasteiger partial charge in [-0.2, -0.15) is 4.80 Å². The third-order valence-corrected chi connectivity index (χ3v) is 2.20. The van der Waals surface area contributed by atoms with Crippen LogP contribution >= 0.6 is 0 Å². The maximum Gasteiger partial charge on any atom is 0.360 e. The lowest BCUT2D eigenvalue weighted by molar-refractivity contribution is 0.0590. The van der Waals surface area contributed by atoms with E-state index in [0.29, 0.717) is 5.69 Å². The molecule has 1 aromatic heterocycles. The monoisotopic (exact) mass is 233 g/mol. The smallest absolute Gasteiger partial charge is 0.360 e. The van der Waals surface area contributed by atoms with Gasteiger partial charge in [-0.25, -0.2) is 4.79 Å². The molecule has 0 unspecified atom stereocenters. The summed E-state index contributed by atoms with van der Waals surface area (Å²) in [6, 6.07) is 9.11. The number of hydrogen-bond donors (Lipinski definition) is 1. The van der Waals surface area contributed by atoms with Crippen molar-refractivity contribution in [3.05, 3.63) is 41.7 Å². The van der Waals surface area contributed by atoms with Crippen molar-refractivity contribution in [2.24, 2.45) is 0 Å². The maximum atomic E-state index is 11.4. The highest BCUT2D eigenvalue weighted by Crippen LogP contribution is 2.09. The van der Waals surface area contributed by atoms with Crippen LogP contribution in [0, 0.1) is 0 Å². The van der Waals surface area contributed by atoms with Crippen LogP contribution in [-0.2, 0) is 11.3 Å². The first-order valence-corrected chi connectivity index (χ1v) is 4.97.